The molecule has 17 heavy (non-hydrogen) atoms. The van der Waals surface area contributed by atoms with E-state index in [1.165, 1.54) is 22.8 Å². The number of hydrogen-bond donors (Lipinski definition) is 1. The summed E-state index contributed by atoms with van der Waals surface area (Å²) in [5, 5.41) is 6.34. The van der Waals surface area contributed by atoms with Crippen LogP contribution in [0.25, 0.3) is 10.8 Å². The molecular formula is C16H21N. The van der Waals surface area contributed by atoms with Gasteiger partial charge in [-0.25, -0.2) is 0 Å². The fraction of sp³-hybridized carbons (Fsp3) is 0.375. The van der Waals surface area contributed by atoms with Gasteiger partial charge in [-0.2, -0.15) is 0 Å². The van der Waals surface area contributed by atoms with Crippen molar-refractivity contribution in [2.45, 2.75) is 32.7 Å². The summed E-state index contributed by atoms with van der Waals surface area (Å²) in [5.41, 5.74) is 1.43. The van der Waals surface area contributed by atoms with Crippen molar-refractivity contribution in [3.05, 3.63) is 48.0 Å². The summed E-state index contributed by atoms with van der Waals surface area (Å²) in [4.78, 5) is 0. The van der Waals surface area contributed by atoms with Crippen LogP contribution in [0.3, 0.4) is 0 Å². The Bertz CT molecular complexity index is 470. The predicted octanol–water partition coefficient (Wildman–Crippen LogP) is 4.29. The first kappa shape index (κ1) is 12.1. The fourth-order valence-corrected chi connectivity index (χ4v) is 2.35. The van der Waals surface area contributed by atoms with Crippen molar-refractivity contribution in [2.24, 2.45) is 0 Å². The molecule has 0 radical (unpaired) electrons. The largest absolute Gasteiger partial charge is 0.310 e. The second kappa shape index (κ2) is 5.83. The van der Waals surface area contributed by atoms with Crippen molar-refractivity contribution in [3.63, 3.8) is 0 Å². The number of fused-ring (bicyclic) bond motifs is 1. The summed E-state index contributed by atoms with van der Waals surface area (Å²) < 4.78 is 0. The van der Waals surface area contributed by atoms with Gasteiger partial charge in [-0.05, 0) is 35.7 Å². The van der Waals surface area contributed by atoms with Gasteiger partial charge in [0.05, 0.1) is 0 Å². The van der Waals surface area contributed by atoms with Crippen LogP contribution < -0.4 is 5.32 Å². The Balaban J connectivity index is 2.38. The van der Waals surface area contributed by atoms with Crippen molar-refractivity contribution in [3.8, 4) is 0 Å². The minimum absolute atomic E-state index is 0.473. The monoisotopic (exact) mass is 227 g/mol. The predicted molar refractivity (Wildman–Crippen MR) is 75.3 cm³/mol. The van der Waals surface area contributed by atoms with Crippen molar-refractivity contribution in [1.29, 1.82) is 0 Å². The van der Waals surface area contributed by atoms with Gasteiger partial charge in [0.15, 0.2) is 0 Å². The van der Waals surface area contributed by atoms with Gasteiger partial charge in [0, 0.05) is 6.04 Å². The average molecular weight is 227 g/mol. The molecule has 2 aromatic carbocycles. The quantitative estimate of drug-likeness (QED) is 0.803. The van der Waals surface area contributed by atoms with Gasteiger partial charge in [-0.1, -0.05) is 56.3 Å². The molecule has 2 aromatic rings. The van der Waals surface area contributed by atoms with Crippen molar-refractivity contribution in [1.82, 2.24) is 5.32 Å². The Hall–Kier alpha value is -1.34. The third-order valence-corrected chi connectivity index (χ3v) is 3.25. The second-order valence-electron chi connectivity index (χ2n) is 4.48. The van der Waals surface area contributed by atoms with E-state index in [4.69, 9.17) is 0 Å². The zero-order valence-electron chi connectivity index (χ0n) is 10.7. The minimum Gasteiger partial charge on any atom is -0.310 e. The molecule has 1 heteroatoms. The first-order valence-electron chi connectivity index (χ1n) is 6.57. The van der Waals surface area contributed by atoms with Gasteiger partial charge in [0.25, 0.3) is 0 Å². The zero-order chi connectivity index (χ0) is 12.1. The summed E-state index contributed by atoms with van der Waals surface area (Å²) in [6.45, 7) is 5.54. The number of hydrogen-bond acceptors (Lipinski definition) is 1. The average Bonchev–Trinajstić information content (AvgIpc) is 2.40. The Morgan fingerprint density at radius 3 is 2.53 bits per heavy atom. The highest BCUT2D eigenvalue weighted by molar-refractivity contribution is 5.86. The molecular weight excluding hydrogens is 206 g/mol. The molecule has 1 unspecified atom stereocenters. The standard InChI is InChI=1S/C16H21N/c1-3-12-17-16(4-2)15-11-7-9-13-8-5-6-10-14(13)15/h5-11,16-17H,3-4,12H2,1-2H3. The lowest BCUT2D eigenvalue weighted by molar-refractivity contribution is 0.521. The molecule has 0 aliphatic heterocycles. The lowest BCUT2D eigenvalue weighted by Gasteiger charge is -2.19. The SMILES string of the molecule is CCCNC(CC)c1cccc2ccccc12. The van der Waals surface area contributed by atoms with Crippen molar-refractivity contribution in [2.75, 3.05) is 6.54 Å². The minimum atomic E-state index is 0.473. The molecule has 1 atom stereocenters. The number of nitrogens with one attached hydrogen (secondary N) is 1. The van der Waals surface area contributed by atoms with Crippen LogP contribution in [0.1, 0.15) is 38.3 Å². The van der Waals surface area contributed by atoms with E-state index in [0.29, 0.717) is 6.04 Å². The van der Waals surface area contributed by atoms with Gasteiger partial charge < -0.3 is 5.32 Å². The smallest absolute Gasteiger partial charge is 0.0323 e. The zero-order valence-corrected chi connectivity index (χ0v) is 10.7. The summed E-state index contributed by atoms with van der Waals surface area (Å²) in [5.74, 6) is 0. The maximum absolute atomic E-state index is 3.63. The van der Waals surface area contributed by atoms with Gasteiger partial charge in [0.1, 0.15) is 0 Å². The molecule has 0 aromatic heterocycles. The lowest BCUT2D eigenvalue weighted by Crippen LogP contribution is -2.21. The van der Waals surface area contributed by atoms with Crippen LogP contribution in [0.15, 0.2) is 42.5 Å². The third kappa shape index (κ3) is 2.67. The Morgan fingerprint density at radius 2 is 1.76 bits per heavy atom. The van der Waals surface area contributed by atoms with E-state index in [9.17, 15) is 0 Å². The maximum Gasteiger partial charge on any atom is 0.0323 e. The van der Waals surface area contributed by atoms with Crippen LogP contribution in [0.4, 0.5) is 0 Å². The molecule has 0 saturated carbocycles. The van der Waals surface area contributed by atoms with Gasteiger partial charge >= 0.3 is 0 Å². The van der Waals surface area contributed by atoms with E-state index in [-0.39, 0.29) is 0 Å². The fourth-order valence-electron chi connectivity index (χ4n) is 2.35. The molecule has 0 aliphatic rings. The first-order valence-corrected chi connectivity index (χ1v) is 6.57. The normalized spacial score (nSPS) is 12.8. The molecule has 0 amide bonds. The van der Waals surface area contributed by atoms with E-state index in [0.717, 1.165) is 13.0 Å². The molecule has 0 aliphatic carbocycles. The van der Waals surface area contributed by atoms with Crippen molar-refractivity contribution < 1.29 is 0 Å². The van der Waals surface area contributed by atoms with Crippen molar-refractivity contribution >= 4 is 10.8 Å². The van der Waals surface area contributed by atoms with Crippen LogP contribution in [0.5, 0.6) is 0 Å². The third-order valence-electron chi connectivity index (χ3n) is 3.25. The van der Waals surface area contributed by atoms with Crippen LogP contribution in [-0.4, -0.2) is 6.54 Å². The van der Waals surface area contributed by atoms with Crippen LogP contribution >= 0.6 is 0 Å². The number of benzene rings is 2. The van der Waals surface area contributed by atoms with E-state index in [1.807, 2.05) is 0 Å². The lowest BCUT2D eigenvalue weighted by atomic mass is 9.97. The molecule has 1 nitrogen and oxygen atoms in total. The highest BCUT2D eigenvalue weighted by atomic mass is 14.9. The summed E-state index contributed by atoms with van der Waals surface area (Å²) in [6.07, 6.45) is 2.31. The molecule has 2 rings (SSSR count). The number of rotatable bonds is 5. The van der Waals surface area contributed by atoms with E-state index in [1.54, 1.807) is 0 Å². The summed E-state index contributed by atoms with van der Waals surface area (Å²) >= 11 is 0. The molecule has 0 saturated heterocycles. The highest BCUT2D eigenvalue weighted by Gasteiger charge is 2.10. The van der Waals surface area contributed by atoms with E-state index >= 15 is 0 Å². The van der Waals surface area contributed by atoms with Crippen LogP contribution in [0, 0.1) is 0 Å². The van der Waals surface area contributed by atoms with E-state index < -0.39 is 0 Å². The molecule has 1 N–H and O–H groups in total. The topological polar surface area (TPSA) is 12.0 Å². The molecule has 90 valence electrons. The van der Waals surface area contributed by atoms with Gasteiger partial charge in [-0.3, -0.25) is 0 Å². The Labute approximate surface area is 104 Å². The van der Waals surface area contributed by atoms with Gasteiger partial charge in [0.2, 0.25) is 0 Å². The highest BCUT2D eigenvalue weighted by Crippen LogP contribution is 2.25. The Kier molecular flexibility index (Phi) is 4.16. The van der Waals surface area contributed by atoms with Crippen LogP contribution in [0.2, 0.25) is 0 Å². The molecule has 0 fully saturated rings. The van der Waals surface area contributed by atoms with Gasteiger partial charge in [-0.15, -0.1) is 0 Å². The second-order valence-corrected chi connectivity index (χ2v) is 4.48. The molecule has 0 bridgehead atoms. The summed E-state index contributed by atoms with van der Waals surface area (Å²) in [6, 6.07) is 15.7. The van der Waals surface area contributed by atoms with E-state index in [2.05, 4.69) is 61.6 Å². The summed E-state index contributed by atoms with van der Waals surface area (Å²) in [7, 11) is 0. The first-order chi connectivity index (χ1) is 8.36. The molecule has 0 spiro atoms. The Morgan fingerprint density at radius 1 is 1.00 bits per heavy atom. The molecule has 0 heterocycles. The maximum atomic E-state index is 3.63. The van der Waals surface area contributed by atoms with Crippen LogP contribution in [-0.2, 0) is 0 Å².